The summed E-state index contributed by atoms with van der Waals surface area (Å²) in [6.45, 7) is 6.13. The molecule has 1 fully saturated rings. The Balaban J connectivity index is 1.31. The highest BCUT2D eigenvalue weighted by Crippen LogP contribution is 2.31. The van der Waals surface area contributed by atoms with Crippen molar-refractivity contribution in [2.75, 3.05) is 43.9 Å². The van der Waals surface area contributed by atoms with Crippen LogP contribution in [-0.2, 0) is 9.59 Å². The molecule has 2 aromatic carbocycles. The molecule has 3 amide bonds. The van der Waals surface area contributed by atoms with E-state index in [4.69, 9.17) is 0 Å². The number of nitrogens with one attached hydrogen (secondary N) is 2. The van der Waals surface area contributed by atoms with Crippen molar-refractivity contribution >= 4 is 46.0 Å². The third-order valence-electron chi connectivity index (χ3n) is 7.15. The monoisotopic (exact) mass is 543 g/mol. The van der Waals surface area contributed by atoms with Crippen LogP contribution in [0.2, 0.25) is 0 Å². The molecule has 0 bridgehead atoms. The number of amides is 3. The van der Waals surface area contributed by atoms with Gasteiger partial charge in [-0.15, -0.1) is 0 Å². The van der Waals surface area contributed by atoms with Gasteiger partial charge in [0, 0.05) is 53.9 Å². The Morgan fingerprint density at radius 1 is 1.00 bits per heavy atom. The summed E-state index contributed by atoms with van der Waals surface area (Å²) in [7, 11) is 3.83. The number of anilines is 2. The number of nitrogens with zero attached hydrogens (tertiary/aromatic N) is 3. The van der Waals surface area contributed by atoms with Crippen LogP contribution in [0.4, 0.5) is 11.4 Å². The molecule has 2 N–H and O–H groups in total. The van der Waals surface area contributed by atoms with Gasteiger partial charge in [0.25, 0.3) is 11.8 Å². The van der Waals surface area contributed by atoms with Gasteiger partial charge in [-0.2, -0.15) is 11.3 Å². The first-order valence-electron chi connectivity index (χ1n) is 13.0. The number of rotatable bonds is 6. The lowest BCUT2D eigenvalue weighted by atomic mass is 9.92. The Morgan fingerprint density at radius 3 is 2.36 bits per heavy atom. The fraction of sp³-hybridized carbons (Fsp3) is 0.300. The Labute approximate surface area is 232 Å². The van der Waals surface area contributed by atoms with Crippen LogP contribution in [-0.4, -0.2) is 73.3 Å². The zero-order valence-electron chi connectivity index (χ0n) is 22.6. The second-order valence-corrected chi connectivity index (χ2v) is 11.2. The van der Waals surface area contributed by atoms with E-state index in [-0.39, 0.29) is 23.9 Å². The summed E-state index contributed by atoms with van der Waals surface area (Å²) in [6.07, 6.45) is 1.66. The normalized spacial score (nSPS) is 20.3. The predicted molar refractivity (Wildman–Crippen MR) is 157 cm³/mol. The predicted octanol–water partition coefficient (Wildman–Crippen LogP) is 4.13. The number of imide groups is 1. The fourth-order valence-electron chi connectivity index (χ4n) is 5.38. The Morgan fingerprint density at radius 2 is 1.72 bits per heavy atom. The molecule has 0 unspecified atom stereocenters. The molecule has 8 nitrogen and oxygen atoms in total. The van der Waals surface area contributed by atoms with Crippen molar-refractivity contribution in [3.05, 3.63) is 76.6 Å². The fourth-order valence-corrected chi connectivity index (χ4v) is 6.04. The van der Waals surface area contributed by atoms with Gasteiger partial charge in [0.15, 0.2) is 0 Å². The second-order valence-electron chi connectivity index (χ2n) is 10.4. The number of fused-ring (bicyclic) bond motifs is 1. The Hall–Kier alpha value is -3.95. The van der Waals surface area contributed by atoms with Crippen molar-refractivity contribution in [1.29, 1.82) is 0 Å². The van der Waals surface area contributed by atoms with Gasteiger partial charge >= 0.3 is 0 Å². The van der Waals surface area contributed by atoms with Crippen molar-refractivity contribution in [1.82, 2.24) is 15.1 Å². The number of likely N-dealkylation sites (N-methyl/N-ethyl adjacent to an activating group) is 1. The molecule has 5 rings (SSSR count). The number of thiophene rings is 1. The number of carbonyl (C=O) groups excluding carboxylic acids is 3. The third kappa shape index (κ3) is 5.60. The van der Waals surface area contributed by atoms with Gasteiger partial charge in [0.1, 0.15) is 0 Å². The molecule has 2 atom stereocenters. The molecule has 0 aliphatic carbocycles. The van der Waals surface area contributed by atoms with Crippen LogP contribution >= 0.6 is 11.3 Å². The van der Waals surface area contributed by atoms with E-state index in [9.17, 15) is 14.4 Å². The second kappa shape index (κ2) is 11.0. The highest BCUT2D eigenvalue weighted by molar-refractivity contribution is 7.08. The smallest absolute Gasteiger partial charge is 0.260 e. The van der Waals surface area contributed by atoms with Crippen LogP contribution in [0.1, 0.15) is 29.8 Å². The molecular weight excluding hydrogens is 510 g/mol. The molecule has 202 valence electrons. The van der Waals surface area contributed by atoms with Gasteiger partial charge in [-0.25, -0.2) is 0 Å². The van der Waals surface area contributed by atoms with E-state index in [2.05, 4.69) is 29.4 Å². The van der Waals surface area contributed by atoms with E-state index < -0.39 is 5.91 Å². The van der Waals surface area contributed by atoms with E-state index in [0.29, 0.717) is 23.2 Å². The first-order valence-corrected chi connectivity index (χ1v) is 14.0. The molecule has 2 aliphatic rings. The van der Waals surface area contributed by atoms with E-state index >= 15 is 0 Å². The maximum absolute atomic E-state index is 12.8. The van der Waals surface area contributed by atoms with E-state index in [1.165, 1.54) is 0 Å². The van der Waals surface area contributed by atoms with Gasteiger partial charge in [-0.05, 0) is 92.3 Å². The maximum Gasteiger partial charge on any atom is 0.260 e. The van der Waals surface area contributed by atoms with Crippen molar-refractivity contribution in [3.8, 4) is 11.1 Å². The molecule has 0 spiro atoms. The standard InChI is InChI=1S/C30H33N5O3S/c1-19-15-34(16-20(2)35(19)28(36)17-33(3)4)24-8-6-23(7-9-24)31-14-27-26-13-21(22-11-12-39-18-22)5-10-25(26)29(37)32-30(27)38/h5-14,18-20,31H,15-17H2,1-4H3,(H,32,37,38)/t19-,20+. The highest BCUT2D eigenvalue weighted by atomic mass is 32.1. The van der Waals surface area contributed by atoms with Gasteiger partial charge in [-0.1, -0.05) is 6.07 Å². The first-order chi connectivity index (χ1) is 18.7. The van der Waals surface area contributed by atoms with Gasteiger partial charge in [0.05, 0.1) is 12.1 Å². The summed E-state index contributed by atoms with van der Waals surface area (Å²) in [5.41, 5.74) is 5.41. The SMILES string of the molecule is C[C@@H]1CN(c2ccc(NC=C3C(=O)NC(=O)c4ccc(-c5ccsc5)cc43)cc2)C[C@H](C)N1C(=O)CN(C)C. The molecule has 1 aromatic heterocycles. The molecule has 39 heavy (non-hydrogen) atoms. The number of carbonyl (C=O) groups is 3. The van der Waals surface area contributed by atoms with Crippen molar-refractivity contribution in [2.45, 2.75) is 25.9 Å². The van der Waals surface area contributed by atoms with Crippen LogP contribution in [0.25, 0.3) is 16.7 Å². The van der Waals surface area contributed by atoms with Crippen LogP contribution in [0.15, 0.2) is 65.5 Å². The number of piperazine rings is 1. The van der Waals surface area contributed by atoms with Gasteiger partial charge < -0.3 is 20.0 Å². The molecule has 2 aliphatic heterocycles. The van der Waals surface area contributed by atoms with Crippen molar-refractivity contribution in [2.24, 2.45) is 0 Å². The Bertz CT molecular complexity index is 1400. The van der Waals surface area contributed by atoms with Crippen molar-refractivity contribution in [3.63, 3.8) is 0 Å². The van der Waals surface area contributed by atoms with Crippen LogP contribution in [0.5, 0.6) is 0 Å². The first kappa shape index (κ1) is 26.6. The molecule has 1 saturated heterocycles. The average molecular weight is 544 g/mol. The summed E-state index contributed by atoms with van der Waals surface area (Å²) in [5.74, 6) is -0.659. The summed E-state index contributed by atoms with van der Waals surface area (Å²) in [4.78, 5) is 44.1. The highest BCUT2D eigenvalue weighted by Gasteiger charge is 2.33. The van der Waals surface area contributed by atoms with E-state index in [0.717, 1.165) is 35.6 Å². The lowest BCUT2D eigenvalue weighted by molar-refractivity contribution is -0.136. The Kier molecular flexibility index (Phi) is 7.54. The molecule has 9 heteroatoms. The topological polar surface area (TPSA) is 85.0 Å². The van der Waals surface area contributed by atoms with Crippen LogP contribution in [0, 0.1) is 0 Å². The average Bonchev–Trinajstić information content (AvgIpc) is 3.43. The lowest BCUT2D eigenvalue weighted by Crippen LogP contribution is -2.60. The molecule has 0 saturated carbocycles. The molecule has 3 aromatic rings. The van der Waals surface area contributed by atoms with E-state index in [1.54, 1.807) is 23.6 Å². The van der Waals surface area contributed by atoms with Gasteiger partial charge in [0.2, 0.25) is 5.91 Å². The zero-order chi connectivity index (χ0) is 27.7. The quantitative estimate of drug-likeness (QED) is 0.359. The minimum atomic E-state index is -0.427. The summed E-state index contributed by atoms with van der Waals surface area (Å²) < 4.78 is 0. The summed E-state index contributed by atoms with van der Waals surface area (Å²) >= 11 is 1.60. The number of benzene rings is 2. The summed E-state index contributed by atoms with van der Waals surface area (Å²) in [5, 5.41) is 9.71. The minimum Gasteiger partial charge on any atom is -0.367 e. The lowest BCUT2D eigenvalue weighted by Gasteiger charge is -2.45. The third-order valence-corrected chi connectivity index (χ3v) is 7.84. The minimum absolute atomic E-state index is 0.107. The molecule has 0 radical (unpaired) electrons. The zero-order valence-corrected chi connectivity index (χ0v) is 23.4. The maximum atomic E-state index is 12.8. The molecule has 3 heterocycles. The van der Waals surface area contributed by atoms with Crippen molar-refractivity contribution < 1.29 is 14.4 Å². The largest absolute Gasteiger partial charge is 0.367 e. The van der Waals surface area contributed by atoms with Gasteiger partial charge in [-0.3, -0.25) is 19.7 Å². The number of hydrogen-bond donors (Lipinski definition) is 2. The molecular formula is C30H33N5O3S. The van der Waals surface area contributed by atoms with E-state index in [1.807, 2.05) is 77.1 Å². The summed E-state index contributed by atoms with van der Waals surface area (Å²) in [6, 6.07) is 15.8. The number of hydrogen-bond acceptors (Lipinski definition) is 7. The van der Waals surface area contributed by atoms with Crippen LogP contribution < -0.4 is 15.5 Å². The van der Waals surface area contributed by atoms with Crippen LogP contribution in [0.3, 0.4) is 0 Å².